The zero-order chi connectivity index (χ0) is 21.1. The molecular weight excluding hydrogens is 382 g/mol. The van der Waals surface area contributed by atoms with Crippen molar-refractivity contribution in [2.24, 2.45) is 0 Å². The minimum atomic E-state index is 0.723. The van der Waals surface area contributed by atoms with Crippen LogP contribution in [0.25, 0.3) is 10.9 Å². The minimum Gasteiger partial charge on any atom is -0.383 e. The van der Waals surface area contributed by atoms with Crippen LogP contribution in [0.4, 0.5) is 5.69 Å². The van der Waals surface area contributed by atoms with Crippen molar-refractivity contribution in [2.75, 3.05) is 70.8 Å². The van der Waals surface area contributed by atoms with Crippen molar-refractivity contribution in [2.45, 2.75) is 27.7 Å². The molecule has 0 radical (unpaired) electrons. The second-order valence-corrected chi connectivity index (χ2v) is 7.78. The number of hydrogen-bond donors (Lipinski definition) is 1. The molecule has 0 aliphatic heterocycles. The number of pyridine rings is 1. The van der Waals surface area contributed by atoms with Gasteiger partial charge in [-0.25, -0.2) is 0 Å². The Morgan fingerprint density at radius 2 is 1.38 bits per heavy atom. The van der Waals surface area contributed by atoms with E-state index in [2.05, 4.69) is 52.7 Å². The standard InChI is InChI=1S/C23H38ClN5/c1-5-27(6-2)15-17-29(18-16-28(7-3)8-4)14-13-26-22-11-12-25-23-19-20(24)9-10-21(22)23/h9-12,19H,5-8,13-18H2,1-4H3,(H,25,26). The van der Waals surface area contributed by atoms with Crippen molar-refractivity contribution < 1.29 is 0 Å². The van der Waals surface area contributed by atoms with Gasteiger partial charge in [0.1, 0.15) is 0 Å². The molecule has 1 N–H and O–H groups in total. The quantitative estimate of drug-likeness (QED) is 0.494. The molecule has 0 amide bonds. The Morgan fingerprint density at radius 1 is 0.793 bits per heavy atom. The third kappa shape index (κ3) is 7.74. The van der Waals surface area contributed by atoms with Crippen LogP contribution in [0.5, 0.6) is 0 Å². The Labute approximate surface area is 182 Å². The second kappa shape index (κ2) is 13.0. The van der Waals surface area contributed by atoms with Gasteiger partial charge in [-0.15, -0.1) is 0 Å². The highest BCUT2D eigenvalue weighted by molar-refractivity contribution is 6.31. The van der Waals surface area contributed by atoms with Gasteiger partial charge in [0.2, 0.25) is 0 Å². The van der Waals surface area contributed by atoms with Crippen LogP contribution in [0, 0.1) is 0 Å². The van der Waals surface area contributed by atoms with Crippen LogP contribution in [0.2, 0.25) is 5.02 Å². The molecule has 0 aliphatic rings. The first-order valence-corrected chi connectivity index (χ1v) is 11.4. The van der Waals surface area contributed by atoms with Gasteiger partial charge in [-0.2, -0.15) is 0 Å². The number of halogens is 1. The summed E-state index contributed by atoms with van der Waals surface area (Å²) in [6.07, 6.45) is 1.85. The number of nitrogens with one attached hydrogen (secondary N) is 1. The van der Waals surface area contributed by atoms with E-state index in [9.17, 15) is 0 Å². The van der Waals surface area contributed by atoms with Gasteiger partial charge < -0.3 is 15.1 Å². The maximum absolute atomic E-state index is 6.11. The van der Waals surface area contributed by atoms with Gasteiger partial charge in [0, 0.05) is 61.6 Å². The molecule has 0 aliphatic carbocycles. The molecule has 1 aromatic heterocycles. The molecule has 1 aromatic carbocycles. The highest BCUT2D eigenvalue weighted by Crippen LogP contribution is 2.24. The highest BCUT2D eigenvalue weighted by atomic mass is 35.5. The van der Waals surface area contributed by atoms with Crippen LogP contribution < -0.4 is 5.32 Å². The first-order chi connectivity index (χ1) is 14.1. The van der Waals surface area contributed by atoms with Gasteiger partial charge in [-0.3, -0.25) is 9.88 Å². The van der Waals surface area contributed by atoms with E-state index in [1.165, 1.54) is 0 Å². The lowest BCUT2D eigenvalue weighted by atomic mass is 10.2. The summed E-state index contributed by atoms with van der Waals surface area (Å²) in [4.78, 5) is 12.0. The molecule has 0 fully saturated rings. The SMILES string of the molecule is CCN(CC)CCN(CCNc1ccnc2cc(Cl)ccc12)CCN(CC)CC. The monoisotopic (exact) mass is 419 g/mol. The Kier molecular flexibility index (Phi) is 10.7. The van der Waals surface area contributed by atoms with E-state index in [0.29, 0.717) is 0 Å². The summed E-state index contributed by atoms with van der Waals surface area (Å²) in [6, 6.07) is 7.94. The molecule has 0 bridgehead atoms. The van der Waals surface area contributed by atoms with E-state index >= 15 is 0 Å². The molecule has 0 unspecified atom stereocenters. The number of anilines is 1. The molecule has 2 aromatic rings. The van der Waals surface area contributed by atoms with E-state index in [1.54, 1.807) is 0 Å². The Bertz CT molecular complexity index is 699. The van der Waals surface area contributed by atoms with Crippen LogP contribution in [0.15, 0.2) is 30.5 Å². The zero-order valence-electron chi connectivity index (χ0n) is 18.6. The first-order valence-electron chi connectivity index (χ1n) is 11.1. The number of benzene rings is 1. The number of rotatable bonds is 14. The van der Waals surface area contributed by atoms with Gasteiger partial charge in [-0.05, 0) is 50.4 Å². The number of nitrogens with zero attached hydrogens (tertiary/aromatic N) is 4. The fourth-order valence-electron chi connectivity index (χ4n) is 3.60. The van der Waals surface area contributed by atoms with Gasteiger partial charge in [-0.1, -0.05) is 39.3 Å². The summed E-state index contributed by atoms with van der Waals surface area (Å²) in [6.45, 7) is 19.8. The summed E-state index contributed by atoms with van der Waals surface area (Å²) in [5, 5.41) is 5.46. The van der Waals surface area contributed by atoms with Gasteiger partial charge >= 0.3 is 0 Å². The van der Waals surface area contributed by atoms with Crippen LogP contribution in [0.1, 0.15) is 27.7 Å². The molecule has 0 saturated carbocycles. The third-order valence-electron chi connectivity index (χ3n) is 5.70. The molecule has 6 heteroatoms. The average molecular weight is 420 g/mol. The van der Waals surface area contributed by atoms with E-state index in [-0.39, 0.29) is 0 Å². The highest BCUT2D eigenvalue weighted by Gasteiger charge is 2.10. The number of fused-ring (bicyclic) bond motifs is 1. The molecular formula is C23H38ClN5. The molecule has 2 rings (SSSR count). The predicted molar refractivity (Wildman–Crippen MR) is 127 cm³/mol. The van der Waals surface area contributed by atoms with Crippen molar-refractivity contribution in [1.82, 2.24) is 19.7 Å². The largest absolute Gasteiger partial charge is 0.383 e. The minimum absolute atomic E-state index is 0.723. The topological polar surface area (TPSA) is 34.6 Å². The lowest BCUT2D eigenvalue weighted by Crippen LogP contribution is -2.41. The van der Waals surface area contributed by atoms with E-state index < -0.39 is 0 Å². The third-order valence-corrected chi connectivity index (χ3v) is 5.94. The fourth-order valence-corrected chi connectivity index (χ4v) is 3.77. The van der Waals surface area contributed by atoms with E-state index in [4.69, 9.17) is 11.6 Å². The van der Waals surface area contributed by atoms with E-state index in [0.717, 1.165) is 87.1 Å². The molecule has 5 nitrogen and oxygen atoms in total. The van der Waals surface area contributed by atoms with Crippen molar-refractivity contribution >= 4 is 28.2 Å². The summed E-state index contributed by atoms with van der Waals surface area (Å²) in [5.41, 5.74) is 2.06. The second-order valence-electron chi connectivity index (χ2n) is 7.34. The molecule has 1 heterocycles. The smallest absolute Gasteiger partial charge is 0.0737 e. The molecule has 162 valence electrons. The van der Waals surface area contributed by atoms with Gasteiger partial charge in [0.25, 0.3) is 0 Å². The average Bonchev–Trinajstić information content (AvgIpc) is 2.74. The zero-order valence-corrected chi connectivity index (χ0v) is 19.4. The molecule has 0 atom stereocenters. The lowest BCUT2D eigenvalue weighted by molar-refractivity contribution is 0.190. The lowest BCUT2D eigenvalue weighted by Gasteiger charge is -2.29. The Morgan fingerprint density at radius 3 is 1.97 bits per heavy atom. The maximum Gasteiger partial charge on any atom is 0.0737 e. The van der Waals surface area contributed by atoms with Crippen LogP contribution in [-0.2, 0) is 0 Å². The van der Waals surface area contributed by atoms with Crippen molar-refractivity contribution in [1.29, 1.82) is 0 Å². The first kappa shape index (κ1) is 23.9. The van der Waals surface area contributed by atoms with Gasteiger partial charge in [0.05, 0.1) is 5.52 Å². The molecule has 0 saturated heterocycles. The Balaban J connectivity index is 1.95. The fraction of sp³-hybridized carbons (Fsp3) is 0.609. The van der Waals surface area contributed by atoms with Crippen LogP contribution >= 0.6 is 11.6 Å². The van der Waals surface area contributed by atoms with Crippen molar-refractivity contribution in [3.63, 3.8) is 0 Å². The van der Waals surface area contributed by atoms with Gasteiger partial charge in [0.15, 0.2) is 0 Å². The predicted octanol–water partition coefficient (Wildman–Crippen LogP) is 4.29. The molecule has 0 spiro atoms. The summed E-state index contributed by atoms with van der Waals surface area (Å²) >= 11 is 6.11. The van der Waals surface area contributed by atoms with Crippen LogP contribution in [0.3, 0.4) is 0 Å². The maximum atomic E-state index is 6.11. The molecule has 29 heavy (non-hydrogen) atoms. The van der Waals surface area contributed by atoms with E-state index in [1.807, 2.05) is 30.5 Å². The summed E-state index contributed by atoms with van der Waals surface area (Å²) < 4.78 is 0. The van der Waals surface area contributed by atoms with Crippen molar-refractivity contribution in [3.05, 3.63) is 35.5 Å². The Hall–Kier alpha value is -1.40. The summed E-state index contributed by atoms with van der Waals surface area (Å²) in [7, 11) is 0. The number of likely N-dealkylation sites (N-methyl/N-ethyl adjacent to an activating group) is 2. The van der Waals surface area contributed by atoms with Crippen LogP contribution in [-0.4, -0.2) is 85.1 Å². The number of aromatic nitrogens is 1. The van der Waals surface area contributed by atoms with Crippen molar-refractivity contribution in [3.8, 4) is 0 Å². The normalized spacial score (nSPS) is 11.9. The number of hydrogen-bond acceptors (Lipinski definition) is 5. The summed E-state index contributed by atoms with van der Waals surface area (Å²) in [5.74, 6) is 0.